The first kappa shape index (κ1) is 40.2. The molecule has 0 radical (unpaired) electrons. The van der Waals surface area contributed by atoms with Gasteiger partial charge in [0.25, 0.3) is 0 Å². The number of benzene rings is 3. The van der Waals surface area contributed by atoms with Crippen molar-refractivity contribution in [3.63, 3.8) is 0 Å². The quantitative estimate of drug-likeness (QED) is 0.0392. The largest absolute Gasteiger partial charge is 0.141 e. The van der Waals surface area contributed by atoms with Gasteiger partial charge in [-0.2, -0.15) is 0 Å². The van der Waals surface area contributed by atoms with E-state index in [1.54, 1.807) is 0 Å². The molecule has 0 aliphatic heterocycles. The molecule has 5 rings (SSSR count). The normalized spacial score (nSPS) is 12.0. The number of fused-ring (bicyclic) bond motifs is 2. The molecule has 0 N–H and O–H groups in total. The number of hydrogen-bond donors (Lipinski definition) is 0. The summed E-state index contributed by atoms with van der Waals surface area (Å²) in [5.41, 5.74) is 2.53. The SMILES string of the molecule is CCCCCCCCCCCCc1ccc(/C=C/c2ccc3cc4cc(/C=C/c5ccc(CCCCCCCCCCCC)s5)ccc4cc3c2)s1. The van der Waals surface area contributed by atoms with Crippen molar-refractivity contribution in [3.8, 4) is 0 Å². The molecule has 0 fully saturated rings. The lowest BCUT2D eigenvalue weighted by Crippen LogP contribution is -1.84. The average molecular weight is 731 g/mol. The maximum Gasteiger partial charge on any atom is 0.0273 e. The second-order valence-electron chi connectivity index (χ2n) is 15.2. The Hall–Kier alpha value is -2.94. The van der Waals surface area contributed by atoms with Gasteiger partial charge < -0.3 is 0 Å². The molecule has 2 aromatic heterocycles. The van der Waals surface area contributed by atoms with E-state index in [1.165, 1.54) is 193 Å². The molecule has 3 aromatic carbocycles. The summed E-state index contributed by atoms with van der Waals surface area (Å²) < 4.78 is 0. The van der Waals surface area contributed by atoms with Crippen molar-refractivity contribution < 1.29 is 0 Å². The average Bonchev–Trinajstić information content (AvgIpc) is 3.83. The van der Waals surface area contributed by atoms with Crippen molar-refractivity contribution in [2.75, 3.05) is 0 Å². The fraction of sp³-hybridized carbons (Fsp3) is 0.480. The lowest BCUT2D eigenvalue weighted by molar-refractivity contribution is 0.557. The third-order valence-corrected chi connectivity index (χ3v) is 12.9. The van der Waals surface area contributed by atoms with Crippen LogP contribution < -0.4 is 0 Å². The van der Waals surface area contributed by atoms with Crippen LogP contribution in [0.15, 0.2) is 72.8 Å². The highest BCUT2D eigenvalue weighted by molar-refractivity contribution is 7.13. The molecular formula is C50H66S2. The lowest BCUT2D eigenvalue weighted by Gasteiger charge is -2.05. The summed E-state index contributed by atoms with van der Waals surface area (Å²) in [5.74, 6) is 0. The Morgan fingerprint density at radius 1 is 0.346 bits per heavy atom. The van der Waals surface area contributed by atoms with Gasteiger partial charge in [0.05, 0.1) is 0 Å². The van der Waals surface area contributed by atoms with Crippen LogP contribution in [0.1, 0.15) is 173 Å². The van der Waals surface area contributed by atoms with E-state index in [1.807, 2.05) is 22.7 Å². The summed E-state index contributed by atoms with van der Waals surface area (Å²) in [5, 5.41) is 5.21. The first-order valence-electron chi connectivity index (χ1n) is 21.2. The fourth-order valence-corrected chi connectivity index (χ4v) is 9.32. The highest BCUT2D eigenvalue weighted by Gasteiger charge is 2.03. The number of rotatable bonds is 26. The van der Waals surface area contributed by atoms with E-state index in [4.69, 9.17) is 0 Å². The third kappa shape index (κ3) is 14.5. The summed E-state index contributed by atoms with van der Waals surface area (Å²) in [6.45, 7) is 4.59. The van der Waals surface area contributed by atoms with Gasteiger partial charge in [-0.3, -0.25) is 0 Å². The summed E-state index contributed by atoms with van der Waals surface area (Å²) in [4.78, 5) is 5.76. The van der Waals surface area contributed by atoms with Crippen molar-refractivity contribution in [2.45, 2.75) is 155 Å². The molecule has 5 aromatic rings. The van der Waals surface area contributed by atoms with Crippen LogP contribution in [0.5, 0.6) is 0 Å². The molecule has 0 unspecified atom stereocenters. The van der Waals surface area contributed by atoms with Crippen LogP contribution in [0.4, 0.5) is 0 Å². The van der Waals surface area contributed by atoms with Gasteiger partial charge in [0.2, 0.25) is 0 Å². The van der Waals surface area contributed by atoms with Gasteiger partial charge in [0, 0.05) is 19.5 Å². The Kier molecular flexibility index (Phi) is 18.3. The Balaban J connectivity index is 1.04. The molecule has 0 spiro atoms. The van der Waals surface area contributed by atoms with E-state index in [-0.39, 0.29) is 0 Å². The zero-order valence-electron chi connectivity index (χ0n) is 32.6. The molecular weight excluding hydrogens is 665 g/mol. The Bertz CT molecular complexity index is 1650. The van der Waals surface area contributed by atoms with Crippen molar-refractivity contribution >= 4 is 68.5 Å². The number of hydrogen-bond acceptors (Lipinski definition) is 2. The van der Waals surface area contributed by atoms with Crippen LogP contribution in [0.25, 0.3) is 45.8 Å². The van der Waals surface area contributed by atoms with Gasteiger partial charge in [-0.15, -0.1) is 22.7 Å². The van der Waals surface area contributed by atoms with Gasteiger partial charge in [-0.25, -0.2) is 0 Å². The van der Waals surface area contributed by atoms with Gasteiger partial charge in [0.15, 0.2) is 0 Å². The minimum atomic E-state index is 1.23. The van der Waals surface area contributed by atoms with Gasteiger partial charge in [-0.1, -0.05) is 166 Å². The van der Waals surface area contributed by atoms with Crippen molar-refractivity contribution in [2.24, 2.45) is 0 Å². The standard InChI is InChI=1S/C50H66S2/c1-3-5-7-9-11-13-15-17-19-21-23-47-33-35-49(51-47)31-27-41-25-29-43-40-46-38-42(26-30-44(46)39-45(43)37-41)28-32-50-36-34-48(52-50)24-22-20-18-16-14-12-10-8-6-4-2/h25-40H,3-24H2,1-2H3/b31-27+,32-28+. The van der Waals surface area contributed by atoms with E-state index in [2.05, 4.69) is 111 Å². The molecule has 2 heteroatoms. The van der Waals surface area contributed by atoms with Crippen LogP contribution in [-0.4, -0.2) is 0 Å². The van der Waals surface area contributed by atoms with E-state index in [0.29, 0.717) is 0 Å². The fourth-order valence-electron chi connectivity index (χ4n) is 7.41. The minimum Gasteiger partial charge on any atom is -0.141 e. The predicted molar refractivity (Wildman–Crippen MR) is 239 cm³/mol. The molecule has 0 aliphatic rings. The molecule has 52 heavy (non-hydrogen) atoms. The number of unbranched alkanes of at least 4 members (excludes halogenated alkanes) is 18. The lowest BCUT2D eigenvalue weighted by atomic mass is 10.00. The number of aryl methyl sites for hydroxylation is 2. The third-order valence-electron chi connectivity index (χ3n) is 10.6. The second kappa shape index (κ2) is 23.7. The summed E-state index contributed by atoms with van der Waals surface area (Å²) in [7, 11) is 0. The second-order valence-corrected chi connectivity index (χ2v) is 17.6. The maximum absolute atomic E-state index is 2.35. The molecule has 0 amide bonds. The zero-order chi connectivity index (χ0) is 36.1. The van der Waals surface area contributed by atoms with Crippen LogP contribution in [-0.2, 0) is 12.8 Å². The molecule has 0 saturated heterocycles. The Labute approximate surface area is 325 Å². The van der Waals surface area contributed by atoms with E-state index in [0.717, 1.165) is 0 Å². The van der Waals surface area contributed by atoms with Crippen LogP contribution >= 0.6 is 22.7 Å². The van der Waals surface area contributed by atoms with Crippen LogP contribution in [0.3, 0.4) is 0 Å². The molecule has 0 nitrogen and oxygen atoms in total. The molecule has 0 bridgehead atoms. The number of thiophene rings is 2. The van der Waals surface area contributed by atoms with E-state index >= 15 is 0 Å². The highest BCUT2D eigenvalue weighted by atomic mass is 32.1. The smallest absolute Gasteiger partial charge is 0.0273 e. The minimum absolute atomic E-state index is 1.23. The van der Waals surface area contributed by atoms with Crippen LogP contribution in [0.2, 0.25) is 0 Å². The van der Waals surface area contributed by atoms with Crippen molar-refractivity contribution in [1.82, 2.24) is 0 Å². The first-order chi connectivity index (χ1) is 25.7. The van der Waals surface area contributed by atoms with Crippen molar-refractivity contribution in [1.29, 1.82) is 0 Å². The topological polar surface area (TPSA) is 0 Å². The van der Waals surface area contributed by atoms with Crippen molar-refractivity contribution in [3.05, 3.63) is 103 Å². The molecule has 0 atom stereocenters. The van der Waals surface area contributed by atoms with Crippen LogP contribution in [0, 0.1) is 0 Å². The van der Waals surface area contributed by atoms with Gasteiger partial charge in [0.1, 0.15) is 0 Å². The molecule has 0 aliphatic carbocycles. The first-order valence-corrected chi connectivity index (χ1v) is 22.8. The monoisotopic (exact) mass is 730 g/mol. The zero-order valence-corrected chi connectivity index (χ0v) is 34.2. The summed E-state index contributed by atoms with van der Waals surface area (Å²) in [6.07, 6.45) is 39.6. The summed E-state index contributed by atoms with van der Waals surface area (Å²) >= 11 is 3.92. The highest BCUT2D eigenvalue weighted by Crippen LogP contribution is 2.28. The molecule has 278 valence electrons. The van der Waals surface area contributed by atoms with E-state index in [9.17, 15) is 0 Å². The maximum atomic E-state index is 2.35. The molecule has 0 saturated carbocycles. The van der Waals surface area contributed by atoms with E-state index < -0.39 is 0 Å². The summed E-state index contributed by atoms with van der Waals surface area (Å²) in [6, 6.07) is 27.7. The van der Waals surface area contributed by atoms with Gasteiger partial charge in [-0.05, 0) is 119 Å². The Morgan fingerprint density at radius 2 is 0.712 bits per heavy atom. The molecule has 2 heterocycles. The Morgan fingerprint density at radius 3 is 1.10 bits per heavy atom. The van der Waals surface area contributed by atoms with Gasteiger partial charge >= 0.3 is 0 Å². The predicted octanol–water partition coefficient (Wildman–Crippen LogP) is 17.4.